The van der Waals surface area contributed by atoms with Crippen LogP contribution in [0.3, 0.4) is 0 Å². The number of aromatic nitrogens is 1. The van der Waals surface area contributed by atoms with Gasteiger partial charge in [0.25, 0.3) is 0 Å². The zero-order chi connectivity index (χ0) is 13.9. The molecule has 0 aliphatic heterocycles. The van der Waals surface area contributed by atoms with Crippen molar-refractivity contribution in [3.63, 3.8) is 0 Å². The topological polar surface area (TPSA) is 22.0 Å². The summed E-state index contributed by atoms with van der Waals surface area (Å²) in [6.07, 6.45) is 3.45. The summed E-state index contributed by atoms with van der Waals surface area (Å²) >= 11 is 6.03. The van der Waals surface area contributed by atoms with Crippen LogP contribution in [0.4, 0.5) is 0 Å². The van der Waals surface area contributed by atoms with Gasteiger partial charge in [0.15, 0.2) is 0 Å². The molecule has 0 spiro atoms. The van der Waals surface area contributed by atoms with Crippen molar-refractivity contribution >= 4 is 28.8 Å². The number of rotatable bonds is 4. The highest BCUT2D eigenvalue weighted by molar-refractivity contribution is 6.30. The average Bonchev–Trinajstić information content (AvgIpc) is 2.78. The van der Waals surface area contributed by atoms with Gasteiger partial charge in [0, 0.05) is 35.1 Å². The fourth-order valence-corrected chi connectivity index (χ4v) is 2.75. The van der Waals surface area contributed by atoms with Crippen molar-refractivity contribution in [1.29, 1.82) is 0 Å². The zero-order valence-electron chi connectivity index (χ0n) is 10.9. The Kier molecular flexibility index (Phi) is 3.57. The first-order valence-electron chi connectivity index (χ1n) is 6.53. The number of halogens is 1. The molecule has 3 heteroatoms. The van der Waals surface area contributed by atoms with Crippen LogP contribution in [0.15, 0.2) is 54.7 Å². The predicted molar refractivity (Wildman–Crippen MR) is 82.3 cm³/mol. The highest BCUT2D eigenvalue weighted by Crippen LogP contribution is 2.23. The highest BCUT2D eigenvalue weighted by Gasteiger charge is 2.08. The zero-order valence-corrected chi connectivity index (χ0v) is 11.7. The van der Waals surface area contributed by atoms with Gasteiger partial charge in [0.2, 0.25) is 0 Å². The summed E-state index contributed by atoms with van der Waals surface area (Å²) in [5.41, 5.74) is 3.36. The van der Waals surface area contributed by atoms with Crippen molar-refractivity contribution in [2.75, 3.05) is 0 Å². The number of aldehydes is 1. The molecule has 0 fully saturated rings. The molecule has 2 nitrogen and oxygen atoms in total. The molecule has 1 aromatic heterocycles. The summed E-state index contributed by atoms with van der Waals surface area (Å²) in [5, 5.41) is 1.88. The second-order valence-electron chi connectivity index (χ2n) is 4.80. The van der Waals surface area contributed by atoms with Gasteiger partial charge in [0.05, 0.1) is 0 Å². The fourth-order valence-electron chi connectivity index (χ4n) is 2.54. The standard InChI is InChI=1S/C17H14ClNO/c18-15-5-3-4-13(10-15)11-19-12-14(8-9-20)16-6-1-2-7-17(16)19/h1-7,9-10,12H,8,11H2. The first-order chi connectivity index (χ1) is 9.78. The lowest BCUT2D eigenvalue weighted by Crippen LogP contribution is -1.97. The molecular formula is C17H14ClNO. The van der Waals surface area contributed by atoms with E-state index in [-0.39, 0.29) is 0 Å². The Morgan fingerprint density at radius 2 is 1.95 bits per heavy atom. The minimum Gasteiger partial charge on any atom is -0.343 e. The molecule has 0 unspecified atom stereocenters. The maximum absolute atomic E-state index is 10.8. The number of hydrogen-bond donors (Lipinski definition) is 0. The van der Waals surface area contributed by atoms with E-state index in [2.05, 4.69) is 29.0 Å². The van der Waals surface area contributed by atoms with E-state index in [4.69, 9.17) is 11.6 Å². The number of fused-ring (bicyclic) bond motifs is 1. The van der Waals surface area contributed by atoms with Gasteiger partial charge in [-0.15, -0.1) is 0 Å². The van der Waals surface area contributed by atoms with Crippen LogP contribution in [0.1, 0.15) is 11.1 Å². The summed E-state index contributed by atoms with van der Waals surface area (Å²) in [5.74, 6) is 0. The van der Waals surface area contributed by atoms with Gasteiger partial charge < -0.3 is 9.36 Å². The summed E-state index contributed by atoms with van der Waals surface area (Å²) < 4.78 is 2.17. The van der Waals surface area contributed by atoms with Gasteiger partial charge in [-0.3, -0.25) is 0 Å². The average molecular weight is 284 g/mol. The summed E-state index contributed by atoms with van der Waals surface area (Å²) in [6, 6.07) is 16.0. The van der Waals surface area contributed by atoms with Gasteiger partial charge in [-0.05, 0) is 29.3 Å². The van der Waals surface area contributed by atoms with E-state index < -0.39 is 0 Å². The van der Waals surface area contributed by atoms with E-state index in [9.17, 15) is 4.79 Å². The van der Waals surface area contributed by atoms with Crippen LogP contribution in [0.2, 0.25) is 5.02 Å². The lowest BCUT2D eigenvalue weighted by molar-refractivity contribution is -0.107. The van der Waals surface area contributed by atoms with Crippen LogP contribution in [-0.2, 0) is 17.8 Å². The molecule has 100 valence electrons. The Labute approximate surface area is 122 Å². The van der Waals surface area contributed by atoms with Crippen molar-refractivity contribution in [2.45, 2.75) is 13.0 Å². The number of benzene rings is 2. The Hall–Kier alpha value is -2.06. The van der Waals surface area contributed by atoms with Crippen molar-refractivity contribution in [3.05, 3.63) is 70.9 Å². The van der Waals surface area contributed by atoms with Gasteiger partial charge in [-0.1, -0.05) is 41.9 Å². The van der Waals surface area contributed by atoms with Crippen LogP contribution in [0.5, 0.6) is 0 Å². The molecule has 0 saturated heterocycles. The van der Waals surface area contributed by atoms with Crippen LogP contribution in [0, 0.1) is 0 Å². The molecule has 0 radical (unpaired) electrons. The molecule has 20 heavy (non-hydrogen) atoms. The lowest BCUT2D eigenvalue weighted by Gasteiger charge is -2.05. The minimum absolute atomic E-state index is 0.447. The molecule has 0 bridgehead atoms. The second-order valence-corrected chi connectivity index (χ2v) is 5.24. The number of carbonyl (C=O) groups is 1. The Morgan fingerprint density at radius 1 is 1.10 bits per heavy atom. The van der Waals surface area contributed by atoms with Gasteiger partial charge in [0.1, 0.15) is 6.29 Å². The smallest absolute Gasteiger partial charge is 0.124 e. The molecule has 3 rings (SSSR count). The van der Waals surface area contributed by atoms with E-state index >= 15 is 0 Å². The minimum atomic E-state index is 0.447. The third-order valence-corrected chi connectivity index (χ3v) is 3.65. The third-order valence-electron chi connectivity index (χ3n) is 3.42. The predicted octanol–water partition coefficient (Wildman–Crippen LogP) is 4.08. The second kappa shape index (κ2) is 5.51. The normalized spacial score (nSPS) is 10.8. The summed E-state index contributed by atoms with van der Waals surface area (Å²) in [4.78, 5) is 10.8. The molecule has 3 aromatic rings. The van der Waals surface area contributed by atoms with Crippen molar-refractivity contribution in [3.8, 4) is 0 Å². The molecule has 0 amide bonds. The lowest BCUT2D eigenvalue weighted by atomic mass is 10.1. The van der Waals surface area contributed by atoms with E-state index in [1.807, 2.05) is 30.3 Å². The first-order valence-corrected chi connectivity index (χ1v) is 6.90. The molecule has 0 saturated carbocycles. The van der Waals surface area contributed by atoms with Crippen molar-refractivity contribution in [1.82, 2.24) is 4.57 Å². The van der Waals surface area contributed by atoms with Crippen LogP contribution >= 0.6 is 11.6 Å². The van der Waals surface area contributed by atoms with E-state index in [1.165, 1.54) is 0 Å². The van der Waals surface area contributed by atoms with Gasteiger partial charge >= 0.3 is 0 Å². The number of nitrogens with zero attached hydrogens (tertiary/aromatic N) is 1. The summed E-state index contributed by atoms with van der Waals surface area (Å²) in [6.45, 7) is 0.750. The molecule has 0 atom stereocenters. The van der Waals surface area contributed by atoms with Crippen molar-refractivity contribution in [2.24, 2.45) is 0 Å². The highest BCUT2D eigenvalue weighted by atomic mass is 35.5. The molecule has 0 aliphatic rings. The van der Waals surface area contributed by atoms with E-state index in [0.717, 1.165) is 39.9 Å². The quantitative estimate of drug-likeness (QED) is 0.661. The Bertz CT molecular complexity index is 761. The molecule has 0 N–H and O–H groups in total. The fraction of sp³-hybridized carbons (Fsp3) is 0.118. The number of carbonyl (C=O) groups excluding carboxylic acids is 1. The largest absolute Gasteiger partial charge is 0.343 e. The van der Waals surface area contributed by atoms with Crippen molar-refractivity contribution < 1.29 is 4.79 Å². The SMILES string of the molecule is O=CCc1cn(Cc2cccc(Cl)c2)c2ccccc12. The summed E-state index contributed by atoms with van der Waals surface area (Å²) in [7, 11) is 0. The van der Waals surface area contributed by atoms with E-state index in [0.29, 0.717) is 6.42 Å². The van der Waals surface area contributed by atoms with Crippen LogP contribution < -0.4 is 0 Å². The first kappa shape index (κ1) is 12.9. The number of hydrogen-bond acceptors (Lipinski definition) is 1. The third kappa shape index (κ3) is 2.47. The maximum Gasteiger partial charge on any atom is 0.124 e. The van der Waals surface area contributed by atoms with E-state index in [1.54, 1.807) is 0 Å². The molecule has 2 aromatic carbocycles. The van der Waals surface area contributed by atoms with Gasteiger partial charge in [-0.25, -0.2) is 0 Å². The maximum atomic E-state index is 10.8. The molecule has 0 aliphatic carbocycles. The Balaban J connectivity index is 2.05. The molecule has 1 heterocycles. The van der Waals surface area contributed by atoms with Crippen LogP contribution in [-0.4, -0.2) is 10.9 Å². The number of para-hydroxylation sites is 1. The molecular weight excluding hydrogens is 270 g/mol. The Morgan fingerprint density at radius 3 is 2.75 bits per heavy atom. The van der Waals surface area contributed by atoms with Crippen LogP contribution in [0.25, 0.3) is 10.9 Å². The monoisotopic (exact) mass is 283 g/mol. The van der Waals surface area contributed by atoms with Gasteiger partial charge in [-0.2, -0.15) is 0 Å².